The van der Waals surface area contributed by atoms with Gasteiger partial charge in [0.2, 0.25) is 10.0 Å². The van der Waals surface area contributed by atoms with E-state index >= 15 is 0 Å². The third-order valence-electron chi connectivity index (χ3n) is 3.59. The van der Waals surface area contributed by atoms with Gasteiger partial charge >= 0.3 is 0 Å². The summed E-state index contributed by atoms with van der Waals surface area (Å²) < 4.78 is 39.1. The minimum Gasteiger partial charge on any atom is -0.395 e. The van der Waals surface area contributed by atoms with Crippen molar-refractivity contribution in [2.24, 2.45) is 0 Å². The lowest BCUT2D eigenvalue weighted by Crippen LogP contribution is -2.42. The second kappa shape index (κ2) is 7.31. The van der Waals surface area contributed by atoms with E-state index in [4.69, 9.17) is 5.11 Å². The Balaban J connectivity index is 2.06. The van der Waals surface area contributed by atoms with E-state index in [9.17, 15) is 12.8 Å². The zero-order chi connectivity index (χ0) is 15.3. The molecule has 7 heteroatoms. The van der Waals surface area contributed by atoms with Crippen LogP contribution >= 0.6 is 0 Å². The average molecular weight is 316 g/mol. The molecular formula is C14H21FN2O3S. The maximum atomic E-state index is 12.9. The third-order valence-corrected chi connectivity index (χ3v) is 5.41. The van der Waals surface area contributed by atoms with Crippen molar-refractivity contribution in [1.82, 2.24) is 9.62 Å². The van der Waals surface area contributed by atoms with Crippen molar-refractivity contribution in [3.8, 4) is 0 Å². The zero-order valence-corrected chi connectivity index (χ0v) is 12.7. The van der Waals surface area contributed by atoms with Gasteiger partial charge in [0.05, 0.1) is 12.4 Å². The predicted octanol–water partition coefficient (Wildman–Crippen LogP) is 0.702. The fourth-order valence-electron chi connectivity index (χ4n) is 2.50. The van der Waals surface area contributed by atoms with E-state index < -0.39 is 15.8 Å². The van der Waals surface area contributed by atoms with E-state index in [2.05, 4.69) is 5.32 Å². The molecule has 1 fully saturated rings. The Morgan fingerprint density at radius 2 is 2.05 bits per heavy atom. The third kappa shape index (κ3) is 4.74. The molecule has 2 rings (SSSR count). The molecule has 0 aliphatic carbocycles. The number of benzene rings is 1. The van der Waals surface area contributed by atoms with Gasteiger partial charge < -0.3 is 10.4 Å². The van der Waals surface area contributed by atoms with Crippen molar-refractivity contribution in [2.45, 2.75) is 24.6 Å². The van der Waals surface area contributed by atoms with Crippen LogP contribution in [0.1, 0.15) is 18.4 Å². The smallest absolute Gasteiger partial charge is 0.218 e. The first-order valence-corrected chi connectivity index (χ1v) is 8.69. The van der Waals surface area contributed by atoms with Gasteiger partial charge in [-0.15, -0.1) is 0 Å². The number of halogens is 1. The van der Waals surface area contributed by atoms with Crippen LogP contribution in [-0.4, -0.2) is 50.1 Å². The Morgan fingerprint density at radius 1 is 1.33 bits per heavy atom. The largest absolute Gasteiger partial charge is 0.395 e. The summed E-state index contributed by atoms with van der Waals surface area (Å²) >= 11 is 0. The van der Waals surface area contributed by atoms with Crippen LogP contribution in [0.5, 0.6) is 0 Å². The minimum atomic E-state index is -3.53. The van der Waals surface area contributed by atoms with Crippen LogP contribution in [0.15, 0.2) is 24.3 Å². The first-order chi connectivity index (χ1) is 10.0. The molecule has 0 spiro atoms. The molecule has 5 nitrogen and oxygen atoms in total. The van der Waals surface area contributed by atoms with Crippen molar-refractivity contribution >= 4 is 10.0 Å². The molecule has 1 aromatic rings. The van der Waals surface area contributed by atoms with Crippen molar-refractivity contribution in [1.29, 1.82) is 0 Å². The number of nitrogens with one attached hydrogen (secondary N) is 1. The fraction of sp³-hybridized carbons (Fsp3) is 0.571. The molecule has 0 bridgehead atoms. The van der Waals surface area contributed by atoms with Gasteiger partial charge in [-0.25, -0.2) is 12.8 Å². The van der Waals surface area contributed by atoms with E-state index in [1.807, 2.05) is 0 Å². The SMILES string of the molecule is O=S(=O)(Cc1ccc(F)cc1)N(CCO)CC1CCCN1. The summed E-state index contributed by atoms with van der Waals surface area (Å²) in [5.74, 6) is -0.571. The summed E-state index contributed by atoms with van der Waals surface area (Å²) in [5.41, 5.74) is 0.540. The van der Waals surface area contributed by atoms with E-state index in [1.165, 1.54) is 28.6 Å². The van der Waals surface area contributed by atoms with E-state index in [-0.39, 0.29) is 24.9 Å². The second-order valence-corrected chi connectivity index (χ2v) is 7.23. The number of aliphatic hydroxyl groups excluding tert-OH is 1. The second-order valence-electron chi connectivity index (χ2n) is 5.26. The lowest BCUT2D eigenvalue weighted by Gasteiger charge is -2.24. The molecule has 1 saturated heterocycles. The van der Waals surface area contributed by atoms with Crippen molar-refractivity contribution < 1.29 is 17.9 Å². The molecule has 1 aromatic carbocycles. The van der Waals surface area contributed by atoms with Crippen LogP contribution in [0, 0.1) is 5.82 Å². The Kier molecular flexibility index (Phi) is 5.69. The lowest BCUT2D eigenvalue weighted by molar-refractivity contribution is 0.246. The summed E-state index contributed by atoms with van der Waals surface area (Å²) in [4.78, 5) is 0. The first kappa shape index (κ1) is 16.4. The molecule has 0 amide bonds. The molecule has 0 aromatic heterocycles. The van der Waals surface area contributed by atoms with Crippen molar-refractivity contribution in [2.75, 3.05) is 26.2 Å². The highest BCUT2D eigenvalue weighted by molar-refractivity contribution is 7.88. The predicted molar refractivity (Wildman–Crippen MR) is 78.7 cm³/mol. The maximum absolute atomic E-state index is 12.9. The lowest BCUT2D eigenvalue weighted by atomic mass is 10.2. The maximum Gasteiger partial charge on any atom is 0.218 e. The molecular weight excluding hydrogens is 295 g/mol. The number of rotatable bonds is 7. The summed E-state index contributed by atoms with van der Waals surface area (Å²) in [5, 5.41) is 12.4. The van der Waals surface area contributed by atoms with E-state index in [0.717, 1.165) is 19.4 Å². The van der Waals surface area contributed by atoms with Gasteiger partial charge in [0.15, 0.2) is 0 Å². The highest BCUT2D eigenvalue weighted by atomic mass is 32.2. The van der Waals surface area contributed by atoms with Gasteiger partial charge in [-0.1, -0.05) is 12.1 Å². The van der Waals surface area contributed by atoms with Gasteiger partial charge in [0.25, 0.3) is 0 Å². The number of sulfonamides is 1. The molecule has 118 valence electrons. The van der Waals surface area contributed by atoms with Crippen LogP contribution in [-0.2, 0) is 15.8 Å². The van der Waals surface area contributed by atoms with Gasteiger partial charge in [-0.3, -0.25) is 0 Å². The summed E-state index contributed by atoms with van der Waals surface area (Å²) in [6.07, 6.45) is 1.98. The Bertz CT molecular complexity index is 542. The average Bonchev–Trinajstić information content (AvgIpc) is 2.94. The highest BCUT2D eigenvalue weighted by Gasteiger charge is 2.26. The zero-order valence-electron chi connectivity index (χ0n) is 11.8. The quantitative estimate of drug-likeness (QED) is 0.777. The van der Waals surface area contributed by atoms with Crippen molar-refractivity contribution in [3.05, 3.63) is 35.6 Å². The molecule has 2 N–H and O–H groups in total. The van der Waals surface area contributed by atoms with E-state index in [1.54, 1.807) is 0 Å². The molecule has 0 radical (unpaired) electrons. The van der Waals surface area contributed by atoms with E-state index in [0.29, 0.717) is 12.1 Å². The Labute approximate surface area is 124 Å². The monoisotopic (exact) mass is 316 g/mol. The van der Waals surface area contributed by atoms with Crippen LogP contribution < -0.4 is 5.32 Å². The standard InChI is InChI=1S/C14H21FN2O3S/c15-13-5-3-12(4-6-13)11-21(19,20)17(8-9-18)10-14-2-1-7-16-14/h3-6,14,16,18H,1-2,7-11H2. The van der Waals surface area contributed by atoms with Crippen LogP contribution in [0.4, 0.5) is 4.39 Å². The number of aliphatic hydroxyl groups is 1. The van der Waals surface area contributed by atoms with Crippen molar-refractivity contribution in [3.63, 3.8) is 0 Å². The first-order valence-electron chi connectivity index (χ1n) is 7.08. The van der Waals surface area contributed by atoms with Crippen LogP contribution in [0.25, 0.3) is 0 Å². The summed E-state index contributed by atoms with van der Waals surface area (Å²) in [7, 11) is -3.53. The Hall–Kier alpha value is -1.02. The minimum absolute atomic E-state index is 0.0850. The Morgan fingerprint density at radius 3 is 2.62 bits per heavy atom. The van der Waals surface area contributed by atoms with Crippen LogP contribution in [0.3, 0.4) is 0 Å². The molecule has 1 aliphatic rings. The highest BCUT2D eigenvalue weighted by Crippen LogP contribution is 2.14. The van der Waals surface area contributed by atoms with Crippen LogP contribution in [0.2, 0.25) is 0 Å². The van der Waals surface area contributed by atoms with Gasteiger partial charge in [0.1, 0.15) is 5.82 Å². The fourth-order valence-corrected chi connectivity index (χ4v) is 4.06. The van der Waals surface area contributed by atoms with Gasteiger partial charge in [0, 0.05) is 19.1 Å². The molecule has 21 heavy (non-hydrogen) atoms. The number of nitrogens with zero attached hydrogens (tertiary/aromatic N) is 1. The van der Waals surface area contributed by atoms with Gasteiger partial charge in [-0.05, 0) is 37.1 Å². The summed E-state index contributed by atoms with van der Waals surface area (Å²) in [6, 6.07) is 5.58. The summed E-state index contributed by atoms with van der Waals surface area (Å²) in [6.45, 7) is 1.14. The van der Waals surface area contributed by atoms with Gasteiger partial charge in [-0.2, -0.15) is 4.31 Å². The molecule has 1 aliphatic heterocycles. The molecule has 1 unspecified atom stereocenters. The number of hydrogen-bond acceptors (Lipinski definition) is 4. The normalized spacial score (nSPS) is 19.3. The topological polar surface area (TPSA) is 69.6 Å². The molecule has 1 atom stereocenters. The number of hydrogen-bond donors (Lipinski definition) is 2. The molecule has 1 heterocycles. The molecule has 0 saturated carbocycles.